The van der Waals surface area contributed by atoms with Gasteiger partial charge in [0, 0.05) is 13.7 Å². The zero-order valence-electron chi connectivity index (χ0n) is 14.2. The van der Waals surface area contributed by atoms with Gasteiger partial charge in [0.1, 0.15) is 19.0 Å². The normalized spacial score (nSPS) is 17.7. The Bertz CT molecular complexity index is 466. The van der Waals surface area contributed by atoms with Crippen LogP contribution in [-0.4, -0.2) is 62.3 Å². The van der Waals surface area contributed by atoms with Crippen LogP contribution in [0.25, 0.3) is 0 Å². The summed E-state index contributed by atoms with van der Waals surface area (Å²) >= 11 is 0. The number of rotatable bonds is 7. The Morgan fingerprint density at radius 3 is 2.70 bits per heavy atom. The summed E-state index contributed by atoms with van der Waals surface area (Å²) in [6.45, 7) is 9.38. The highest BCUT2D eigenvalue weighted by Gasteiger charge is 2.37. The number of methoxy groups -OCH3 is 1. The van der Waals surface area contributed by atoms with Gasteiger partial charge in [0.2, 0.25) is 0 Å². The summed E-state index contributed by atoms with van der Waals surface area (Å²) in [5.41, 5.74) is -0.237. The van der Waals surface area contributed by atoms with Gasteiger partial charge in [0.25, 0.3) is 0 Å². The molecule has 23 heavy (non-hydrogen) atoms. The predicted molar refractivity (Wildman–Crippen MR) is 83.8 cm³/mol. The highest BCUT2D eigenvalue weighted by Crippen LogP contribution is 2.23. The first-order valence-corrected chi connectivity index (χ1v) is 7.34. The molecule has 0 bridgehead atoms. The van der Waals surface area contributed by atoms with Crippen LogP contribution in [0.4, 0.5) is 4.79 Å². The quantitative estimate of drug-likeness (QED) is 0.308. The van der Waals surface area contributed by atoms with E-state index in [1.807, 2.05) is 0 Å². The van der Waals surface area contributed by atoms with Crippen molar-refractivity contribution in [1.82, 2.24) is 4.90 Å². The van der Waals surface area contributed by atoms with Crippen molar-refractivity contribution in [2.45, 2.75) is 32.4 Å². The van der Waals surface area contributed by atoms with Crippen LogP contribution in [0, 0.1) is 0 Å². The third-order valence-corrected chi connectivity index (χ3v) is 2.91. The first-order chi connectivity index (χ1) is 10.8. The zero-order chi connectivity index (χ0) is 17.5. The summed E-state index contributed by atoms with van der Waals surface area (Å²) in [6, 6.07) is -0.572. The molecule has 0 aliphatic carbocycles. The molecule has 1 atom stereocenters. The molecule has 1 aliphatic rings. The van der Waals surface area contributed by atoms with Gasteiger partial charge in [0.15, 0.2) is 0 Å². The zero-order valence-corrected chi connectivity index (χ0v) is 14.2. The van der Waals surface area contributed by atoms with Crippen LogP contribution in [0.15, 0.2) is 24.3 Å². The number of amides is 1. The molecule has 0 fully saturated rings. The van der Waals surface area contributed by atoms with E-state index in [-0.39, 0.29) is 26.6 Å². The lowest BCUT2D eigenvalue weighted by atomic mass is 10.1. The van der Waals surface area contributed by atoms with Crippen molar-refractivity contribution in [3.8, 4) is 0 Å². The van der Waals surface area contributed by atoms with Gasteiger partial charge in [-0.3, -0.25) is 4.90 Å². The largest absolute Gasteiger partial charge is 0.457 e. The van der Waals surface area contributed by atoms with Crippen LogP contribution in [-0.2, 0) is 23.7 Å². The monoisotopic (exact) mass is 327 g/mol. The molecule has 7 heteroatoms. The lowest BCUT2D eigenvalue weighted by molar-refractivity contribution is -0.150. The Kier molecular flexibility index (Phi) is 7.25. The minimum absolute atomic E-state index is 0.0631. The lowest BCUT2D eigenvalue weighted by Crippen LogP contribution is -2.43. The molecule has 0 saturated heterocycles. The van der Waals surface area contributed by atoms with Gasteiger partial charge in [-0.05, 0) is 20.8 Å². The Balaban J connectivity index is 2.81. The van der Waals surface area contributed by atoms with Gasteiger partial charge in [0.05, 0.1) is 18.2 Å². The van der Waals surface area contributed by atoms with Crippen LogP contribution >= 0.6 is 0 Å². The van der Waals surface area contributed by atoms with E-state index < -0.39 is 23.7 Å². The van der Waals surface area contributed by atoms with Gasteiger partial charge in [-0.25, -0.2) is 9.59 Å². The van der Waals surface area contributed by atoms with E-state index in [1.165, 1.54) is 18.1 Å². The van der Waals surface area contributed by atoms with Crippen LogP contribution in [0.3, 0.4) is 0 Å². The number of hydrogen-bond acceptors (Lipinski definition) is 6. The molecule has 1 rings (SSSR count). The summed E-state index contributed by atoms with van der Waals surface area (Å²) in [6.07, 6.45) is 2.60. The molecule has 1 heterocycles. The van der Waals surface area contributed by atoms with Crippen LogP contribution < -0.4 is 0 Å². The van der Waals surface area contributed by atoms with Crippen molar-refractivity contribution >= 4 is 12.1 Å². The van der Waals surface area contributed by atoms with Crippen molar-refractivity contribution in [2.75, 3.05) is 33.7 Å². The fraction of sp³-hybridized carbons (Fsp3) is 0.625. The summed E-state index contributed by atoms with van der Waals surface area (Å²) < 4.78 is 20.6. The van der Waals surface area contributed by atoms with Crippen molar-refractivity contribution in [3.05, 3.63) is 24.3 Å². The molecule has 0 saturated carbocycles. The van der Waals surface area contributed by atoms with Crippen LogP contribution in [0.2, 0.25) is 0 Å². The van der Waals surface area contributed by atoms with E-state index in [9.17, 15) is 9.59 Å². The predicted octanol–water partition coefficient (Wildman–Crippen LogP) is 1.88. The summed E-state index contributed by atoms with van der Waals surface area (Å²) in [5, 5.41) is 0. The average Bonchev–Trinajstić information content (AvgIpc) is 2.87. The molecule has 130 valence electrons. The molecule has 1 aliphatic heterocycles. The Morgan fingerprint density at radius 2 is 2.13 bits per heavy atom. The van der Waals surface area contributed by atoms with Crippen molar-refractivity contribution in [1.29, 1.82) is 0 Å². The van der Waals surface area contributed by atoms with Gasteiger partial charge in [-0.15, -0.1) is 0 Å². The fourth-order valence-electron chi connectivity index (χ4n) is 2.02. The number of carbonyl (C=O) groups is 2. The maximum Gasteiger partial charge on any atom is 0.410 e. The number of esters is 1. The molecule has 0 spiro atoms. The maximum atomic E-state index is 12.3. The minimum atomic E-state index is -0.618. The van der Waals surface area contributed by atoms with E-state index in [4.69, 9.17) is 18.9 Å². The molecule has 0 radical (unpaired) electrons. The van der Waals surface area contributed by atoms with Gasteiger partial charge in [-0.1, -0.05) is 18.7 Å². The third kappa shape index (κ3) is 6.03. The van der Waals surface area contributed by atoms with Crippen molar-refractivity contribution in [2.24, 2.45) is 0 Å². The first-order valence-electron chi connectivity index (χ1n) is 7.34. The van der Waals surface area contributed by atoms with E-state index in [0.29, 0.717) is 5.57 Å². The summed E-state index contributed by atoms with van der Waals surface area (Å²) in [5.74, 6) is -0.470. The first kappa shape index (κ1) is 19.2. The van der Waals surface area contributed by atoms with E-state index >= 15 is 0 Å². The van der Waals surface area contributed by atoms with E-state index in [2.05, 4.69) is 6.58 Å². The smallest absolute Gasteiger partial charge is 0.410 e. The van der Waals surface area contributed by atoms with E-state index in [1.54, 1.807) is 26.8 Å². The number of hydrogen-bond donors (Lipinski definition) is 0. The number of carbonyl (C=O) groups excluding carboxylic acids is 2. The van der Waals surface area contributed by atoms with Gasteiger partial charge >= 0.3 is 12.1 Å². The molecule has 0 aromatic carbocycles. The molecule has 1 amide bonds. The van der Waals surface area contributed by atoms with Gasteiger partial charge < -0.3 is 18.9 Å². The standard InChI is InChI=1S/C16H25NO6/c1-6-9-22-15(19)17-8-7-12(13(17)10-21-11-20-5)14(18)23-16(2,3)4/h6-7,13H,1,8-11H2,2-5H3/t13-/m1/s1. The number of nitrogens with zero attached hydrogens (tertiary/aromatic N) is 1. The van der Waals surface area contributed by atoms with Crippen molar-refractivity contribution < 1.29 is 28.5 Å². The van der Waals surface area contributed by atoms with Crippen LogP contribution in [0.5, 0.6) is 0 Å². The molecular weight excluding hydrogens is 302 g/mol. The second kappa shape index (κ2) is 8.69. The highest BCUT2D eigenvalue weighted by molar-refractivity contribution is 5.92. The third-order valence-electron chi connectivity index (χ3n) is 2.91. The molecular formula is C16H25NO6. The molecule has 0 N–H and O–H groups in total. The molecule has 0 unspecified atom stereocenters. The molecule has 7 nitrogen and oxygen atoms in total. The second-order valence-corrected chi connectivity index (χ2v) is 5.97. The fourth-order valence-corrected chi connectivity index (χ4v) is 2.02. The van der Waals surface area contributed by atoms with E-state index in [0.717, 1.165) is 0 Å². The summed E-state index contributed by atoms with van der Waals surface area (Å²) in [7, 11) is 1.50. The minimum Gasteiger partial charge on any atom is -0.457 e. The average molecular weight is 327 g/mol. The molecule has 0 aromatic rings. The maximum absolute atomic E-state index is 12.3. The Labute approximate surface area is 136 Å². The topological polar surface area (TPSA) is 74.3 Å². The van der Waals surface area contributed by atoms with Crippen molar-refractivity contribution in [3.63, 3.8) is 0 Å². The molecule has 0 aromatic heterocycles. The lowest BCUT2D eigenvalue weighted by Gasteiger charge is -2.27. The highest BCUT2D eigenvalue weighted by atomic mass is 16.7. The Morgan fingerprint density at radius 1 is 1.43 bits per heavy atom. The second-order valence-electron chi connectivity index (χ2n) is 5.97. The van der Waals surface area contributed by atoms with Gasteiger partial charge in [-0.2, -0.15) is 0 Å². The van der Waals surface area contributed by atoms with Crippen LogP contribution in [0.1, 0.15) is 20.8 Å². The number of ether oxygens (including phenoxy) is 4. The summed E-state index contributed by atoms with van der Waals surface area (Å²) in [4.78, 5) is 25.8. The Hall–Kier alpha value is -1.86. The SMILES string of the molecule is C=CCOC(=O)N1CC=C(C(=O)OC(C)(C)C)[C@H]1COCOC.